The molecule has 1 aliphatic rings. The number of fused-ring (bicyclic) bond motifs is 1. The molecule has 1 N–H and O–H groups in total. The summed E-state index contributed by atoms with van der Waals surface area (Å²) in [6.07, 6.45) is 0.925. The predicted molar refractivity (Wildman–Crippen MR) is 80.7 cm³/mol. The molecule has 2 aromatic carbocycles. The molecule has 3 rings (SSSR count). The third-order valence-electron chi connectivity index (χ3n) is 3.40. The minimum atomic E-state index is -0.0822. The Kier molecular flexibility index (Phi) is 3.92. The average Bonchev–Trinajstić information content (AvgIpc) is 3.03. The maximum atomic E-state index is 12.0. The van der Waals surface area contributed by atoms with Gasteiger partial charge < -0.3 is 14.8 Å². The molecule has 5 heteroatoms. The van der Waals surface area contributed by atoms with Gasteiger partial charge in [-0.1, -0.05) is 12.1 Å². The summed E-state index contributed by atoms with van der Waals surface area (Å²) in [5, 5.41) is 11.5. The van der Waals surface area contributed by atoms with Gasteiger partial charge >= 0.3 is 0 Å². The number of anilines is 1. The third kappa shape index (κ3) is 3.01. The van der Waals surface area contributed by atoms with Crippen molar-refractivity contribution < 1.29 is 14.3 Å². The fourth-order valence-corrected chi connectivity index (χ4v) is 2.29. The number of ether oxygens (including phenoxy) is 2. The van der Waals surface area contributed by atoms with E-state index in [0.717, 1.165) is 17.1 Å². The Morgan fingerprint density at radius 1 is 1.18 bits per heavy atom. The third-order valence-corrected chi connectivity index (χ3v) is 3.40. The molecule has 0 fully saturated rings. The number of hydrogen-bond donors (Lipinski definition) is 1. The molecule has 1 amide bonds. The first-order chi connectivity index (χ1) is 10.8. The molecule has 0 unspecified atom stereocenters. The molecule has 0 atom stereocenters. The molecule has 0 saturated heterocycles. The van der Waals surface area contributed by atoms with Gasteiger partial charge in [0.05, 0.1) is 11.6 Å². The molecule has 5 nitrogen and oxygen atoms in total. The molecule has 1 heterocycles. The van der Waals surface area contributed by atoms with E-state index >= 15 is 0 Å². The quantitative estimate of drug-likeness (QED) is 0.941. The number of rotatable bonds is 4. The highest BCUT2D eigenvalue weighted by atomic mass is 16.7. The minimum absolute atomic E-state index is 0.0822. The molecule has 0 aliphatic carbocycles. The van der Waals surface area contributed by atoms with Crippen LogP contribution in [0.15, 0.2) is 42.5 Å². The first-order valence-electron chi connectivity index (χ1n) is 6.94. The summed E-state index contributed by atoms with van der Waals surface area (Å²) in [6, 6.07) is 14.5. The maximum absolute atomic E-state index is 12.0. The summed E-state index contributed by atoms with van der Waals surface area (Å²) < 4.78 is 10.7. The van der Waals surface area contributed by atoms with Crippen molar-refractivity contribution in [2.24, 2.45) is 0 Å². The molecule has 0 spiro atoms. The number of nitrogens with zero attached hydrogens (tertiary/aromatic N) is 1. The number of carbonyl (C=O) groups is 1. The Morgan fingerprint density at radius 2 is 2.00 bits per heavy atom. The van der Waals surface area contributed by atoms with Crippen LogP contribution in [0.25, 0.3) is 0 Å². The van der Waals surface area contributed by atoms with Crippen molar-refractivity contribution in [2.45, 2.75) is 12.8 Å². The van der Waals surface area contributed by atoms with Gasteiger partial charge in [-0.05, 0) is 42.3 Å². The summed E-state index contributed by atoms with van der Waals surface area (Å²) in [6.45, 7) is 0.226. The summed E-state index contributed by atoms with van der Waals surface area (Å²) in [5.74, 6) is 1.37. The monoisotopic (exact) mass is 294 g/mol. The Hall–Kier alpha value is -3.00. The van der Waals surface area contributed by atoms with Gasteiger partial charge in [0.1, 0.15) is 0 Å². The van der Waals surface area contributed by atoms with Crippen LogP contribution >= 0.6 is 0 Å². The smallest absolute Gasteiger partial charge is 0.231 e. The zero-order valence-corrected chi connectivity index (χ0v) is 11.8. The number of hydrogen-bond acceptors (Lipinski definition) is 4. The van der Waals surface area contributed by atoms with E-state index in [1.807, 2.05) is 24.3 Å². The number of para-hydroxylation sites is 1. The Balaban J connectivity index is 1.58. The molecule has 0 saturated carbocycles. The van der Waals surface area contributed by atoms with E-state index < -0.39 is 0 Å². The van der Waals surface area contributed by atoms with Crippen molar-refractivity contribution in [2.75, 3.05) is 12.1 Å². The van der Waals surface area contributed by atoms with Gasteiger partial charge in [-0.25, -0.2) is 0 Å². The van der Waals surface area contributed by atoms with E-state index in [-0.39, 0.29) is 12.7 Å². The zero-order valence-electron chi connectivity index (χ0n) is 11.8. The van der Waals surface area contributed by atoms with Crippen molar-refractivity contribution >= 4 is 11.6 Å². The molecule has 2 aromatic rings. The molecule has 0 aromatic heterocycles. The number of nitriles is 1. The lowest BCUT2D eigenvalue weighted by atomic mass is 10.1. The van der Waals surface area contributed by atoms with Gasteiger partial charge in [-0.2, -0.15) is 5.26 Å². The second kappa shape index (κ2) is 6.19. The van der Waals surface area contributed by atoms with Gasteiger partial charge in [-0.3, -0.25) is 4.79 Å². The van der Waals surface area contributed by atoms with Crippen LogP contribution in [0.1, 0.15) is 17.5 Å². The summed E-state index contributed by atoms with van der Waals surface area (Å²) in [4.78, 5) is 12.0. The first-order valence-corrected chi connectivity index (χ1v) is 6.94. The molecular formula is C17H14N2O3. The number of amides is 1. The molecule has 0 radical (unpaired) electrons. The maximum Gasteiger partial charge on any atom is 0.231 e. The highest BCUT2D eigenvalue weighted by molar-refractivity contribution is 5.90. The average molecular weight is 294 g/mol. The highest BCUT2D eigenvalue weighted by Gasteiger charge is 2.17. The van der Waals surface area contributed by atoms with E-state index in [1.165, 1.54) is 0 Å². The molecule has 1 aliphatic heterocycles. The number of carbonyl (C=O) groups excluding carboxylic acids is 1. The summed E-state index contributed by atoms with van der Waals surface area (Å²) in [7, 11) is 0. The summed E-state index contributed by atoms with van der Waals surface area (Å²) in [5.41, 5.74) is 2.21. The van der Waals surface area contributed by atoms with Crippen LogP contribution in [0, 0.1) is 11.3 Å². The van der Waals surface area contributed by atoms with E-state index in [1.54, 1.807) is 24.3 Å². The van der Waals surface area contributed by atoms with Gasteiger partial charge in [0, 0.05) is 12.1 Å². The second-order valence-corrected chi connectivity index (χ2v) is 4.89. The van der Waals surface area contributed by atoms with Crippen LogP contribution in [0.4, 0.5) is 5.69 Å². The Morgan fingerprint density at radius 3 is 2.77 bits per heavy atom. The molecular weight excluding hydrogens is 280 g/mol. The van der Waals surface area contributed by atoms with Gasteiger partial charge in [0.15, 0.2) is 11.5 Å². The molecule has 22 heavy (non-hydrogen) atoms. The topological polar surface area (TPSA) is 71.4 Å². The SMILES string of the molecule is N#Cc1ccc(NC(=O)CCc2cccc3c2OCO3)cc1. The zero-order chi connectivity index (χ0) is 15.4. The van der Waals surface area contributed by atoms with Gasteiger partial charge in [0.25, 0.3) is 0 Å². The van der Waals surface area contributed by atoms with E-state index in [2.05, 4.69) is 5.32 Å². The number of aryl methyl sites for hydroxylation is 1. The fourth-order valence-electron chi connectivity index (χ4n) is 2.29. The van der Waals surface area contributed by atoms with E-state index in [9.17, 15) is 4.79 Å². The van der Waals surface area contributed by atoms with Crippen LogP contribution < -0.4 is 14.8 Å². The molecule has 0 bridgehead atoms. The predicted octanol–water partition coefficient (Wildman–Crippen LogP) is 2.86. The van der Waals surface area contributed by atoms with Crippen LogP contribution in [-0.4, -0.2) is 12.7 Å². The second-order valence-electron chi connectivity index (χ2n) is 4.89. The standard InChI is InChI=1S/C17H14N2O3/c18-10-12-4-7-14(8-5-12)19-16(20)9-6-13-2-1-3-15-17(13)22-11-21-15/h1-5,7-8H,6,9,11H2,(H,19,20). The first kappa shape index (κ1) is 14.0. The highest BCUT2D eigenvalue weighted by Crippen LogP contribution is 2.35. The van der Waals surface area contributed by atoms with Crippen molar-refractivity contribution in [1.29, 1.82) is 5.26 Å². The minimum Gasteiger partial charge on any atom is -0.454 e. The van der Waals surface area contributed by atoms with Crippen molar-refractivity contribution in [3.05, 3.63) is 53.6 Å². The fraction of sp³-hybridized carbons (Fsp3) is 0.176. The van der Waals surface area contributed by atoms with Crippen LogP contribution in [-0.2, 0) is 11.2 Å². The van der Waals surface area contributed by atoms with Gasteiger partial charge in [0.2, 0.25) is 12.7 Å². The van der Waals surface area contributed by atoms with E-state index in [4.69, 9.17) is 14.7 Å². The summed E-state index contributed by atoms with van der Waals surface area (Å²) >= 11 is 0. The van der Waals surface area contributed by atoms with E-state index in [0.29, 0.717) is 24.1 Å². The number of benzene rings is 2. The van der Waals surface area contributed by atoms with Crippen LogP contribution in [0.2, 0.25) is 0 Å². The Labute approximate surface area is 128 Å². The van der Waals surface area contributed by atoms with Crippen molar-refractivity contribution in [1.82, 2.24) is 0 Å². The lowest BCUT2D eigenvalue weighted by Gasteiger charge is -2.07. The largest absolute Gasteiger partial charge is 0.454 e. The lowest BCUT2D eigenvalue weighted by molar-refractivity contribution is -0.116. The lowest BCUT2D eigenvalue weighted by Crippen LogP contribution is -2.12. The van der Waals surface area contributed by atoms with Crippen molar-refractivity contribution in [3.8, 4) is 17.6 Å². The van der Waals surface area contributed by atoms with Crippen LogP contribution in [0.3, 0.4) is 0 Å². The Bertz CT molecular complexity index is 733. The van der Waals surface area contributed by atoms with Crippen molar-refractivity contribution in [3.63, 3.8) is 0 Å². The molecule has 110 valence electrons. The normalized spacial score (nSPS) is 11.8. The number of nitrogens with one attached hydrogen (secondary N) is 1. The van der Waals surface area contributed by atoms with Crippen LogP contribution in [0.5, 0.6) is 11.5 Å². The van der Waals surface area contributed by atoms with Gasteiger partial charge in [-0.15, -0.1) is 0 Å².